The Bertz CT molecular complexity index is 315. The summed E-state index contributed by atoms with van der Waals surface area (Å²) in [5.41, 5.74) is -1.29. The highest BCUT2D eigenvalue weighted by molar-refractivity contribution is 6.39. The number of hydrogen-bond donors (Lipinski definition) is 0. The maximum absolute atomic E-state index is 12.0. The smallest absolute Gasteiger partial charge is 0.375 e. The third-order valence-corrected chi connectivity index (χ3v) is 3.02. The van der Waals surface area contributed by atoms with Crippen LogP contribution in [0.2, 0.25) is 0 Å². The summed E-state index contributed by atoms with van der Waals surface area (Å²) in [6.45, 7) is 3.63. The highest BCUT2D eigenvalue weighted by atomic mass is 16.5. The maximum atomic E-state index is 12.0. The lowest BCUT2D eigenvalue weighted by molar-refractivity contribution is -0.168. The fourth-order valence-corrected chi connectivity index (χ4v) is 2.16. The van der Waals surface area contributed by atoms with Crippen LogP contribution in [0.25, 0.3) is 0 Å². The Balaban J connectivity index is 2.88. The second-order valence-corrected chi connectivity index (χ2v) is 4.06. The van der Waals surface area contributed by atoms with Gasteiger partial charge in [0.25, 0.3) is 5.78 Å². The van der Waals surface area contributed by atoms with Gasteiger partial charge in [-0.1, -0.05) is 12.8 Å². The van der Waals surface area contributed by atoms with E-state index in [9.17, 15) is 14.4 Å². The summed E-state index contributed by atoms with van der Waals surface area (Å²) in [4.78, 5) is 35.3. The zero-order valence-electron chi connectivity index (χ0n) is 10.3. The number of ether oxygens (including phenoxy) is 2. The first-order valence-electron chi connectivity index (χ1n) is 5.97. The fraction of sp³-hybridized carbons (Fsp3) is 0.750. The molecule has 0 aromatic carbocycles. The Morgan fingerprint density at radius 2 is 1.53 bits per heavy atom. The highest BCUT2D eigenvalue weighted by Crippen LogP contribution is 2.40. The van der Waals surface area contributed by atoms with Crippen molar-refractivity contribution in [2.24, 2.45) is 5.41 Å². The van der Waals surface area contributed by atoms with Crippen molar-refractivity contribution in [2.45, 2.75) is 39.5 Å². The molecule has 96 valence electrons. The van der Waals surface area contributed by atoms with Crippen molar-refractivity contribution in [1.82, 2.24) is 0 Å². The van der Waals surface area contributed by atoms with Crippen molar-refractivity contribution in [1.29, 1.82) is 0 Å². The number of Topliss-reactive ketones (excluding diaryl/α,β-unsaturated/α-hetero) is 1. The largest absolute Gasteiger partial charge is 0.465 e. The van der Waals surface area contributed by atoms with Gasteiger partial charge in [-0.15, -0.1) is 0 Å². The molecule has 1 saturated carbocycles. The lowest BCUT2D eigenvalue weighted by Crippen LogP contribution is -2.43. The molecule has 0 unspecified atom stereocenters. The van der Waals surface area contributed by atoms with Gasteiger partial charge in [0.1, 0.15) is 5.41 Å². The number of carbonyl (C=O) groups is 3. The van der Waals surface area contributed by atoms with Crippen LogP contribution >= 0.6 is 0 Å². The Morgan fingerprint density at radius 3 is 2.00 bits per heavy atom. The zero-order chi connectivity index (χ0) is 12.9. The Kier molecular flexibility index (Phi) is 4.66. The van der Waals surface area contributed by atoms with Gasteiger partial charge < -0.3 is 9.47 Å². The molecule has 5 heteroatoms. The topological polar surface area (TPSA) is 69.7 Å². The van der Waals surface area contributed by atoms with Crippen LogP contribution in [-0.2, 0) is 23.9 Å². The minimum absolute atomic E-state index is 0.128. The van der Waals surface area contributed by atoms with Gasteiger partial charge in [-0.3, -0.25) is 9.59 Å². The van der Waals surface area contributed by atoms with Crippen molar-refractivity contribution < 1.29 is 23.9 Å². The number of carbonyl (C=O) groups excluding carboxylic acids is 3. The standard InChI is InChI=1S/C12H18O5/c1-3-16-10(14)9(13)12(7-5-6-8-12)11(15)17-4-2/h3-8H2,1-2H3. The second-order valence-electron chi connectivity index (χ2n) is 4.06. The van der Waals surface area contributed by atoms with E-state index >= 15 is 0 Å². The molecule has 1 fully saturated rings. The zero-order valence-corrected chi connectivity index (χ0v) is 10.3. The molecule has 1 aliphatic carbocycles. The number of esters is 2. The molecular weight excluding hydrogens is 224 g/mol. The van der Waals surface area contributed by atoms with Crippen LogP contribution in [-0.4, -0.2) is 30.9 Å². The van der Waals surface area contributed by atoms with E-state index in [-0.39, 0.29) is 13.2 Å². The number of hydrogen-bond acceptors (Lipinski definition) is 5. The summed E-state index contributed by atoms with van der Waals surface area (Å²) in [5, 5.41) is 0. The Morgan fingerprint density at radius 1 is 1.00 bits per heavy atom. The molecule has 0 aromatic heterocycles. The van der Waals surface area contributed by atoms with E-state index in [1.165, 1.54) is 0 Å². The third kappa shape index (κ3) is 2.65. The van der Waals surface area contributed by atoms with Crippen LogP contribution in [0.15, 0.2) is 0 Å². The van der Waals surface area contributed by atoms with Crippen molar-refractivity contribution in [3.63, 3.8) is 0 Å². The first kappa shape index (κ1) is 13.7. The second kappa shape index (κ2) is 5.80. The van der Waals surface area contributed by atoms with Crippen molar-refractivity contribution in [3.05, 3.63) is 0 Å². The van der Waals surface area contributed by atoms with Crippen LogP contribution in [0.1, 0.15) is 39.5 Å². The number of ketones is 1. The van der Waals surface area contributed by atoms with Crippen molar-refractivity contribution >= 4 is 17.7 Å². The molecule has 0 saturated heterocycles. The normalized spacial score (nSPS) is 17.5. The van der Waals surface area contributed by atoms with E-state index in [0.717, 1.165) is 12.8 Å². The SMILES string of the molecule is CCOC(=O)C(=O)C1(C(=O)OCC)CCCC1. The van der Waals surface area contributed by atoms with Crippen LogP contribution in [0.5, 0.6) is 0 Å². The molecule has 1 rings (SSSR count). The molecule has 17 heavy (non-hydrogen) atoms. The molecule has 5 nitrogen and oxygen atoms in total. The monoisotopic (exact) mass is 242 g/mol. The van der Waals surface area contributed by atoms with E-state index in [1.54, 1.807) is 13.8 Å². The van der Waals surface area contributed by atoms with Gasteiger partial charge in [-0.25, -0.2) is 4.79 Å². The minimum Gasteiger partial charge on any atom is -0.465 e. The van der Waals surface area contributed by atoms with Gasteiger partial charge in [-0.05, 0) is 26.7 Å². The minimum atomic E-state index is -1.29. The number of rotatable bonds is 5. The van der Waals surface area contributed by atoms with Crippen LogP contribution < -0.4 is 0 Å². The molecule has 0 heterocycles. The van der Waals surface area contributed by atoms with Crippen molar-refractivity contribution in [2.75, 3.05) is 13.2 Å². The predicted octanol–water partition coefficient (Wildman–Crippen LogP) is 1.24. The van der Waals surface area contributed by atoms with E-state index in [2.05, 4.69) is 4.74 Å². The molecular formula is C12H18O5. The van der Waals surface area contributed by atoms with E-state index in [0.29, 0.717) is 12.8 Å². The van der Waals surface area contributed by atoms with Gasteiger partial charge in [0.15, 0.2) is 0 Å². The summed E-state index contributed by atoms with van der Waals surface area (Å²) in [6, 6.07) is 0. The summed E-state index contributed by atoms with van der Waals surface area (Å²) < 4.78 is 9.58. The molecule has 0 aromatic rings. The average Bonchev–Trinajstić information content (AvgIpc) is 2.79. The molecule has 0 N–H and O–H groups in total. The van der Waals surface area contributed by atoms with Gasteiger partial charge in [0.2, 0.25) is 0 Å². The molecule has 1 aliphatic rings. The maximum Gasteiger partial charge on any atom is 0.375 e. The summed E-state index contributed by atoms with van der Waals surface area (Å²) in [5.74, 6) is -2.27. The van der Waals surface area contributed by atoms with E-state index in [1.807, 2.05) is 0 Å². The summed E-state index contributed by atoms with van der Waals surface area (Å²) >= 11 is 0. The first-order chi connectivity index (χ1) is 8.08. The third-order valence-electron chi connectivity index (χ3n) is 3.02. The molecule has 0 aliphatic heterocycles. The van der Waals surface area contributed by atoms with Crippen molar-refractivity contribution in [3.8, 4) is 0 Å². The molecule has 0 spiro atoms. The fourth-order valence-electron chi connectivity index (χ4n) is 2.16. The highest BCUT2D eigenvalue weighted by Gasteiger charge is 2.52. The van der Waals surface area contributed by atoms with Gasteiger partial charge >= 0.3 is 11.9 Å². The van der Waals surface area contributed by atoms with Crippen LogP contribution in [0.4, 0.5) is 0 Å². The Hall–Kier alpha value is -1.39. The summed E-state index contributed by atoms with van der Waals surface area (Å²) in [7, 11) is 0. The van der Waals surface area contributed by atoms with E-state index < -0.39 is 23.1 Å². The van der Waals surface area contributed by atoms with Crippen LogP contribution in [0, 0.1) is 5.41 Å². The predicted molar refractivity (Wildman–Crippen MR) is 59.2 cm³/mol. The lowest BCUT2D eigenvalue weighted by Gasteiger charge is -2.23. The van der Waals surface area contributed by atoms with Gasteiger partial charge in [0, 0.05) is 0 Å². The molecule has 0 amide bonds. The molecule has 0 bridgehead atoms. The van der Waals surface area contributed by atoms with E-state index in [4.69, 9.17) is 4.74 Å². The van der Waals surface area contributed by atoms with Crippen LogP contribution in [0.3, 0.4) is 0 Å². The Labute approximate surface area is 100 Å². The summed E-state index contributed by atoms with van der Waals surface area (Å²) in [6.07, 6.45) is 2.26. The molecule has 0 radical (unpaired) electrons. The lowest BCUT2D eigenvalue weighted by atomic mass is 9.81. The van der Waals surface area contributed by atoms with Gasteiger partial charge in [0.05, 0.1) is 13.2 Å². The molecule has 0 atom stereocenters. The quantitative estimate of drug-likeness (QED) is 0.412. The first-order valence-corrected chi connectivity index (χ1v) is 5.97. The average molecular weight is 242 g/mol. The van der Waals surface area contributed by atoms with Gasteiger partial charge in [-0.2, -0.15) is 0 Å².